The third-order valence-corrected chi connectivity index (χ3v) is 6.24. The lowest BCUT2D eigenvalue weighted by atomic mass is 9.97. The predicted octanol–water partition coefficient (Wildman–Crippen LogP) is 6.21. The minimum Gasteiger partial charge on any atom is -0.444 e. The first-order chi connectivity index (χ1) is 18.8. The van der Waals surface area contributed by atoms with Crippen LogP contribution in [0.4, 0.5) is 28.0 Å². The summed E-state index contributed by atoms with van der Waals surface area (Å²) in [7, 11) is 0. The Bertz CT molecular complexity index is 1380. The topological polar surface area (TPSA) is 74.8 Å². The number of rotatable bonds is 5. The van der Waals surface area contributed by atoms with E-state index in [-0.39, 0.29) is 23.4 Å². The minimum atomic E-state index is -4.60. The molecule has 0 aliphatic carbocycles. The van der Waals surface area contributed by atoms with Gasteiger partial charge < -0.3 is 15.0 Å². The van der Waals surface area contributed by atoms with Gasteiger partial charge in [-0.15, -0.1) is 0 Å². The van der Waals surface area contributed by atoms with Crippen LogP contribution in [0.5, 0.6) is 0 Å². The Labute approximate surface area is 229 Å². The van der Waals surface area contributed by atoms with Gasteiger partial charge in [-0.3, -0.25) is 9.69 Å². The molecule has 212 valence electrons. The number of hydrogen-bond acceptors (Lipinski definition) is 5. The van der Waals surface area contributed by atoms with Crippen LogP contribution in [-0.4, -0.2) is 58.6 Å². The van der Waals surface area contributed by atoms with Crippen LogP contribution in [0.15, 0.2) is 60.8 Å². The van der Waals surface area contributed by atoms with Gasteiger partial charge in [0.2, 0.25) is 5.95 Å². The van der Waals surface area contributed by atoms with E-state index in [1.807, 2.05) is 4.90 Å². The molecule has 4 rings (SSSR count). The molecule has 1 saturated heterocycles. The van der Waals surface area contributed by atoms with E-state index in [0.29, 0.717) is 37.3 Å². The minimum absolute atomic E-state index is 0.229. The Balaban J connectivity index is 1.57. The molecule has 0 bridgehead atoms. The van der Waals surface area contributed by atoms with Crippen LogP contribution in [0.3, 0.4) is 0 Å². The van der Waals surface area contributed by atoms with Crippen LogP contribution < -0.4 is 5.32 Å². The monoisotopic (exact) mass is 558 g/mol. The molecular formula is C29H30F4N4O3. The number of anilines is 1. The largest absolute Gasteiger partial charge is 0.444 e. The zero-order valence-electron chi connectivity index (χ0n) is 22.4. The van der Waals surface area contributed by atoms with Gasteiger partial charge in [-0.05, 0) is 68.3 Å². The summed E-state index contributed by atoms with van der Waals surface area (Å²) in [6.45, 7) is 7.30. The second-order valence-electron chi connectivity index (χ2n) is 10.5. The van der Waals surface area contributed by atoms with Crippen LogP contribution in [0.25, 0.3) is 11.1 Å². The Morgan fingerprint density at radius 1 is 0.975 bits per heavy atom. The standard InChI is InChI=1S/C29H30F4N4O3/c1-28(2,3)40-27(39)37-13-11-36(12-14-37)18-19-15-20(17-21(16-19)29(31,32)33)22-7-4-5-9-24(22)35-26(38)23-8-6-10-34-25(23)30/h4-10,15-17H,11-14,18H2,1-3H3,(H,35,38). The maximum absolute atomic E-state index is 14.0. The zero-order chi connectivity index (χ0) is 29.1. The van der Waals surface area contributed by atoms with Crippen molar-refractivity contribution in [3.8, 4) is 11.1 Å². The average Bonchev–Trinajstić information content (AvgIpc) is 2.88. The molecule has 1 aliphatic heterocycles. The van der Waals surface area contributed by atoms with E-state index in [1.165, 1.54) is 24.4 Å². The number of para-hydroxylation sites is 1. The number of halogens is 4. The number of nitrogens with one attached hydrogen (secondary N) is 1. The zero-order valence-corrected chi connectivity index (χ0v) is 22.4. The number of ether oxygens (including phenoxy) is 1. The molecule has 0 radical (unpaired) electrons. The van der Waals surface area contributed by atoms with Crippen LogP contribution in [0.1, 0.15) is 42.3 Å². The predicted molar refractivity (Wildman–Crippen MR) is 142 cm³/mol. The number of hydrogen-bond donors (Lipinski definition) is 1. The first-order valence-electron chi connectivity index (χ1n) is 12.7. The van der Waals surface area contributed by atoms with E-state index in [2.05, 4.69) is 10.3 Å². The van der Waals surface area contributed by atoms with Crippen LogP contribution in [-0.2, 0) is 17.5 Å². The summed E-state index contributed by atoms with van der Waals surface area (Å²) < 4.78 is 61.2. The molecule has 1 fully saturated rings. The fourth-order valence-corrected chi connectivity index (χ4v) is 4.36. The van der Waals surface area contributed by atoms with Gasteiger partial charge in [0.05, 0.1) is 11.1 Å². The average molecular weight is 559 g/mol. The third-order valence-electron chi connectivity index (χ3n) is 6.24. The summed E-state index contributed by atoms with van der Waals surface area (Å²) in [6.07, 6.45) is -3.81. The second-order valence-corrected chi connectivity index (χ2v) is 10.5. The molecule has 2 heterocycles. The maximum atomic E-state index is 14.0. The molecule has 40 heavy (non-hydrogen) atoms. The van der Waals surface area contributed by atoms with Crippen molar-refractivity contribution >= 4 is 17.7 Å². The van der Waals surface area contributed by atoms with Gasteiger partial charge in [-0.1, -0.05) is 18.2 Å². The molecule has 1 aromatic heterocycles. The molecule has 0 unspecified atom stereocenters. The third kappa shape index (κ3) is 7.35. The quantitative estimate of drug-likeness (QED) is 0.298. The smallest absolute Gasteiger partial charge is 0.416 e. The number of nitrogens with zero attached hydrogens (tertiary/aromatic N) is 3. The second kappa shape index (κ2) is 11.6. The van der Waals surface area contributed by atoms with Crippen LogP contribution in [0, 0.1) is 5.95 Å². The molecule has 1 N–H and O–H groups in total. The SMILES string of the molecule is CC(C)(C)OC(=O)N1CCN(Cc2cc(-c3ccccc3NC(=O)c3cccnc3F)cc(C(F)(F)F)c2)CC1. The number of aromatic nitrogens is 1. The van der Waals surface area contributed by atoms with Crippen molar-refractivity contribution in [3.05, 3.63) is 83.4 Å². The van der Waals surface area contributed by atoms with Crippen molar-refractivity contribution in [1.29, 1.82) is 0 Å². The molecular weight excluding hydrogens is 528 g/mol. The number of amides is 2. The molecule has 0 atom stereocenters. The summed E-state index contributed by atoms with van der Waals surface area (Å²) in [5.74, 6) is -1.72. The van der Waals surface area contributed by atoms with Gasteiger partial charge in [0.15, 0.2) is 0 Å². The molecule has 11 heteroatoms. The highest BCUT2D eigenvalue weighted by molar-refractivity contribution is 6.06. The van der Waals surface area contributed by atoms with Gasteiger partial charge in [-0.25, -0.2) is 9.78 Å². The highest BCUT2D eigenvalue weighted by Crippen LogP contribution is 2.36. The normalized spacial score (nSPS) is 14.6. The number of carbonyl (C=O) groups excluding carboxylic acids is 2. The molecule has 2 amide bonds. The van der Waals surface area contributed by atoms with Crippen molar-refractivity contribution in [2.75, 3.05) is 31.5 Å². The van der Waals surface area contributed by atoms with Crippen molar-refractivity contribution < 1.29 is 31.9 Å². The summed E-state index contributed by atoms with van der Waals surface area (Å²) in [6, 6.07) is 12.9. The highest BCUT2D eigenvalue weighted by atomic mass is 19.4. The van der Waals surface area contributed by atoms with E-state index < -0.39 is 35.3 Å². The molecule has 0 saturated carbocycles. The van der Waals surface area contributed by atoms with Gasteiger partial charge >= 0.3 is 12.3 Å². The molecule has 2 aromatic carbocycles. The lowest BCUT2D eigenvalue weighted by Gasteiger charge is -2.35. The number of carbonyl (C=O) groups is 2. The van der Waals surface area contributed by atoms with Crippen molar-refractivity contribution in [1.82, 2.24) is 14.8 Å². The number of pyridine rings is 1. The van der Waals surface area contributed by atoms with E-state index in [0.717, 1.165) is 12.1 Å². The van der Waals surface area contributed by atoms with E-state index >= 15 is 0 Å². The van der Waals surface area contributed by atoms with Gasteiger partial charge in [-0.2, -0.15) is 17.6 Å². The first-order valence-corrected chi connectivity index (χ1v) is 12.7. The van der Waals surface area contributed by atoms with E-state index in [9.17, 15) is 27.2 Å². The fourth-order valence-electron chi connectivity index (χ4n) is 4.36. The maximum Gasteiger partial charge on any atom is 0.416 e. The lowest BCUT2D eigenvalue weighted by Crippen LogP contribution is -2.49. The molecule has 1 aliphatic rings. The molecule has 0 spiro atoms. The Hall–Kier alpha value is -3.99. The highest BCUT2D eigenvalue weighted by Gasteiger charge is 2.32. The Morgan fingerprint density at radius 3 is 2.33 bits per heavy atom. The Morgan fingerprint density at radius 2 is 1.68 bits per heavy atom. The van der Waals surface area contributed by atoms with Crippen molar-refractivity contribution in [3.63, 3.8) is 0 Å². The number of alkyl halides is 3. The lowest BCUT2D eigenvalue weighted by molar-refractivity contribution is -0.137. The van der Waals surface area contributed by atoms with E-state index in [4.69, 9.17) is 4.74 Å². The van der Waals surface area contributed by atoms with Gasteiger partial charge in [0.1, 0.15) is 5.60 Å². The van der Waals surface area contributed by atoms with Gasteiger partial charge in [0, 0.05) is 50.2 Å². The summed E-state index contributed by atoms with van der Waals surface area (Å²) in [4.78, 5) is 32.1. The van der Waals surface area contributed by atoms with Crippen molar-refractivity contribution in [2.24, 2.45) is 0 Å². The fraction of sp³-hybridized carbons (Fsp3) is 0.345. The summed E-state index contributed by atoms with van der Waals surface area (Å²) >= 11 is 0. The molecule has 7 nitrogen and oxygen atoms in total. The van der Waals surface area contributed by atoms with Crippen LogP contribution in [0.2, 0.25) is 0 Å². The number of benzene rings is 2. The van der Waals surface area contributed by atoms with Crippen LogP contribution >= 0.6 is 0 Å². The summed E-state index contributed by atoms with van der Waals surface area (Å²) in [5.41, 5.74) is -0.478. The Kier molecular flexibility index (Phi) is 8.43. The van der Waals surface area contributed by atoms with E-state index in [1.54, 1.807) is 49.9 Å². The first kappa shape index (κ1) is 29.0. The van der Waals surface area contributed by atoms with Crippen molar-refractivity contribution in [2.45, 2.75) is 39.1 Å². The van der Waals surface area contributed by atoms with Gasteiger partial charge in [0.25, 0.3) is 5.91 Å². The molecule has 3 aromatic rings. The summed E-state index contributed by atoms with van der Waals surface area (Å²) in [5, 5.41) is 2.60. The number of piperazine rings is 1.